The molecule has 3 heterocycles. The Morgan fingerprint density at radius 3 is 1.82 bits per heavy atom. The number of hydrogen-bond donors (Lipinski definition) is 5. The lowest BCUT2D eigenvalue weighted by Gasteiger charge is -2.27. The van der Waals surface area contributed by atoms with Gasteiger partial charge in [0, 0.05) is 80.2 Å². The predicted octanol–water partition coefficient (Wildman–Crippen LogP) is 6.10. The van der Waals surface area contributed by atoms with Crippen LogP contribution >= 0.6 is 37.2 Å². The van der Waals surface area contributed by atoms with E-state index >= 15 is 0 Å². The maximum absolute atomic E-state index is 13.8. The molecule has 3 aliphatic heterocycles. The molecular formula is C42H50Cl3FN6O5. The summed E-state index contributed by atoms with van der Waals surface area (Å²) in [7, 11) is 0. The van der Waals surface area contributed by atoms with Gasteiger partial charge in [0.05, 0.1) is 0 Å². The summed E-state index contributed by atoms with van der Waals surface area (Å²) in [5.41, 5.74) is 4.55. The minimum absolute atomic E-state index is 0. The van der Waals surface area contributed by atoms with Gasteiger partial charge in [0.2, 0.25) is 5.91 Å². The van der Waals surface area contributed by atoms with Gasteiger partial charge in [-0.3, -0.25) is 14.4 Å². The summed E-state index contributed by atoms with van der Waals surface area (Å²) in [6.07, 6.45) is 2.75. The van der Waals surface area contributed by atoms with Crippen LogP contribution in [0.2, 0.25) is 0 Å². The number of anilines is 1. The fourth-order valence-corrected chi connectivity index (χ4v) is 7.00. The number of amides is 3. The molecule has 5 N–H and O–H groups in total. The van der Waals surface area contributed by atoms with Gasteiger partial charge in [-0.1, -0.05) is 24.3 Å². The van der Waals surface area contributed by atoms with Gasteiger partial charge >= 0.3 is 0 Å². The molecule has 11 nitrogen and oxygen atoms in total. The molecule has 0 bridgehead atoms. The molecule has 3 fully saturated rings. The molecule has 306 valence electrons. The number of ether oxygens (including phenoxy) is 2. The van der Waals surface area contributed by atoms with Crippen molar-refractivity contribution in [1.29, 1.82) is 0 Å². The maximum Gasteiger partial charge on any atom is 0.255 e. The molecular weight excluding hydrogens is 794 g/mol. The van der Waals surface area contributed by atoms with Gasteiger partial charge in [0.1, 0.15) is 29.5 Å². The quantitative estimate of drug-likeness (QED) is 0.102. The zero-order valence-electron chi connectivity index (χ0n) is 31.5. The monoisotopic (exact) mass is 842 g/mol. The number of carbonyl (C=O) groups excluding carboxylic acids is 3. The third-order valence-electron chi connectivity index (χ3n) is 10.0. The second-order valence-corrected chi connectivity index (χ2v) is 13.9. The number of piperazine rings is 1. The zero-order valence-corrected chi connectivity index (χ0v) is 34.0. The number of hydrogen-bond acceptors (Lipinski definition) is 8. The van der Waals surface area contributed by atoms with Gasteiger partial charge in [0.25, 0.3) is 11.8 Å². The molecule has 3 saturated heterocycles. The van der Waals surface area contributed by atoms with Gasteiger partial charge < -0.3 is 41.0 Å². The number of benzene rings is 4. The van der Waals surface area contributed by atoms with E-state index in [1.165, 1.54) is 12.1 Å². The molecule has 3 aliphatic rings. The van der Waals surface area contributed by atoms with E-state index in [1.807, 2.05) is 47.4 Å². The molecule has 3 amide bonds. The maximum atomic E-state index is 13.8. The third-order valence-corrected chi connectivity index (χ3v) is 10.0. The first kappa shape index (κ1) is 45.3. The first-order valence-corrected chi connectivity index (χ1v) is 18.9. The molecule has 0 aromatic heterocycles. The highest BCUT2D eigenvalue weighted by Gasteiger charge is 2.22. The fourth-order valence-electron chi connectivity index (χ4n) is 7.00. The summed E-state index contributed by atoms with van der Waals surface area (Å²) in [6.45, 7) is 6.70. The minimum Gasteiger partial charge on any atom is -0.488 e. The second-order valence-electron chi connectivity index (χ2n) is 13.9. The average Bonchev–Trinajstić information content (AvgIpc) is 3.93. The van der Waals surface area contributed by atoms with E-state index in [2.05, 4.69) is 26.6 Å². The highest BCUT2D eigenvalue weighted by Crippen LogP contribution is 2.36. The largest absolute Gasteiger partial charge is 0.488 e. The number of halogens is 4. The Morgan fingerprint density at radius 2 is 1.23 bits per heavy atom. The first-order chi connectivity index (χ1) is 26.4. The Hall–Kier alpha value is -4.43. The van der Waals surface area contributed by atoms with E-state index in [0.717, 1.165) is 87.5 Å². The normalized spacial score (nSPS) is 17.3. The molecule has 0 aliphatic carbocycles. The lowest BCUT2D eigenvalue weighted by Crippen LogP contribution is -2.46. The van der Waals surface area contributed by atoms with E-state index < -0.39 is 0 Å². The molecule has 4 aromatic rings. The van der Waals surface area contributed by atoms with Gasteiger partial charge in [0.15, 0.2) is 0 Å². The van der Waals surface area contributed by atoms with E-state index in [-0.39, 0.29) is 73.0 Å². The predicted molar refractivity (Wildman–Crippen MR) is 228 cm³/mol. The van der Waals surface area contributed by atoms with Crippen molar-refractivity contribution in [3.05, 3.63) is 102 Å². The summed E-state index contributed by atoms with van der Waals surface area (Å²) >= 11 is 0. The average molecular weight is 844 g/mol. The molecule has 0 radical (unpaired) electrons. The highest BCUT2D eigenvalue weighted by atomic mass is 35.5. The van der Waals surface area contributed by atoms with Crippen molar-refractivity contribution in [3.8, 4) is 33.8 Å². The van der Waals surface area contributed by atoms with E-state index in [1.54, 1.807) is 30.3 Å². The van der Waals surface area contributed by atoms with Gasteiger partial charge in [-0.2, -0.15) is 0 Å². The Balaban J connectivity index is 0.00000240. The highest BCUT2D eigenvalue weighted by molar-refractivity contribution is 6.05. The van der Waals surface area contributed by atoms with Crippen LogP contribution in [0.25, 0.3) is 22.3 Å². The molecule has 0 saturated carbocycles. The van der Waals surface area contributed by atoms with Crippen molar-refractivity contribution in [3.63, 3.8) is 0 Å². The molecule has 57 heavy (non-hydrogen) atoms. The van der Waals surface area contributed by atoms with Crippen molar-refractivity contribution in [2.24, 2.45) is 0 Å². The van der Waals surface area contributed by atoms with Crippen LogP contribution in [-0.4, -0.2) is 93.7 Å². The van der Waals surface area contributed by atoms with Crippen molar-refractivity contribution < 1.29 is 28.2 Å². The number of nitrogens with zero attached hydrogens (tertiary/aromatic N) is 1. The van der Waals surface area contributed by atoms with Crippen molar-refractivity contribution >= 4 is 60.6 Å². The van der Waals surface area contributed by atoms with Crippen molar-refractivity contribution in [2.75, 3.05) is 64.2 Å². The van der Waals surface area contributed by atoms with Crippen molar-refractivity contribution in [2.45, 2.75) is 37.9 Å². The van der Waals surface area contributed by atoms with Crippen LogP contribution < -0.4 is 36.1 Å². The van der Waals surface area contributed by atoms with E-state index in [4.69, 9.17) is 9.47 Å². The SMILES string of the molecule is Cl.Cl.Cl.O=C(NCCCC(=O)N1CCNCC1)c1ccc(-c2cc(C(=O)Nc3ccc(O[C@H]4CCNC4)c(-c4ccc(F)cc4)c3)ccc2O[C@H]2CCNC2)cc1. The van der Waals surface area contributed by atoms with Crippen LogP contribution in [0, 0.1) is 5.82 Å². The van der Waals surface area contributed by atoms with Crippen LogP contribution in [0.3, 0.4) is 0 Å². The summed E-state index contributed by atoms with van der Waals surface area (Å²) in [5.74, 6) is 0.573. The first-order valence-electron chi connectivity index (χ1n) is 18.9. The van der Waals surface area contributed by atoms with Crippen LogP contribution in [-0.2, 0) is 4.79 Å². The fraction of sp³-hybridized carbons (Fsp3) is 0.357. The van der Waals surface area contributed by atoms with E-state index in [9.17, 15) is 18.8 Å². The standard InChI is InChI=1S/C42H47FN6O5.3ClH/c43-32-10-7-29(8-11-32)37-25-33(12-14-39(37)54-35-16-19-46-27-35)48-42(52)31-9-13-38(53-34-15-18-45-26-34)36(24-31)28-3-5-30(6-4-28)41(51)47-17-1-2-40(50)49-22-20-44-21-23-49;;;/h3-14,24-25,34-35,44-46H,1-2,15-23,26-27H2,(H,47,51)(H,48,52);3*1H/t34-,35-;;;/m0.../s1. The Kier molecular flexibility index (Phi) is 17.4. The summed E-state index contributed by atoms with van der Waals surface area (Å²) < 4.78 is 26.5. The van der Waals surface area contributed by atoms with Gasteiger partial charge in [-0.05, 0) is 104 Å². The van der Waals surface area contributed by atoms with Crippen LogP contribution in [0.4, 0.5) is 10.1 Å². The smallest absolute Gasteiger partial charge is 0.255 e. The summed E-state index contributed by atoms with van der Waals surface area (Å²) in [4.78, 5) is 41.1. The Morgan fingerprint density at radius 1 is 0.667 bits per heavy atom. The summed E-state index contributed by atoms with van der Waals surface area (Å²) in [6, 6.07) is 24.3. The van der Waals surface area contributed by atoms with Crippen LogP contribution in [0.15, 0.2) is 84.9 Å². The molecule has 7 rings (SSSR count). The van der Waals surface area contributed by atoms with E-state index in [0.29, 0.717) is 47.7 Å². The van der Waals surface area contributed by atoms with Crippen LogP contribution in [0.1, 0.15) is 46.4 Å². The Bertz CT molecular complexity index is 1940. The summed E-state index contributed by atoms with van der Waals surface area (Å²) in [5, 5.41) is 15.8. The minimum atomic E-state index is -0.331. The zero-order chi connectivity index (χ0) is 37.3. The molecule has 0 unspecified atom stereocenters. The molecule has 4 aromatic carbocycles. The van der Waals surface area contributed by atoms with Crippen molar-refractivity contribution in [1.82, 2.24) is 26.2 Å². The Labute approximate surface area is 351 Å². The molecule has 15 heteroatoms. The topological polar surface area (TPSA) is 133 Å². The van der Waals surface area contributed by atoms with Crippen LogP contribution in [0.5, 0.6) is 11.5 Å². The third kappa shape index (κ3) is 12.0. The molecule has 2 atom stereocenters. The lowest BCUT2D eigenvalue weighted by atomic mass is 9.99. The number of carbonyl (C=O) groups is 3. The number of rotatable bonds is 13. The molecule has 0 spiro atoms. The van der Waals surface area contributed by atoms with Gasteiger partial charge in [-0.25, -0.2) is 4.39 Å². The number of nitrogens with one attached hydrogen (secondary N) is 5. The van der Waals surface area contributed by atoms with Gasteiger partial charge in [-0.15, -0.1) is 37.2 Å². The second kappa shape index (κ2) is 21.9. The lowest BCUT2D eigenvalue weighted by molar-refractivity contribution is -0.131.